The molecule has 0 aliphatic heterocycles. The zero-order chi connectivity index (χ0) is 7.11. The highest BCUT2D eigenvalue weighted by Crippen LogP contribution is 1.92. The average Bonchev–Trinajstić information content (AvgIpc) is 1.91. The molecular formula is C5H14O3Si. The largest absolute Gasteiger partial charge is 0.400 e. The van der Waals surface area contributed by atoms with Gasteiger partial charge in [-0.1, -0.05) is 0 Å². The molecule has 0 rings (SSSR count). The fraction of sp³-hybridized carbons (Fsp3) is 1.00. The van der Waals surface area contributed by atoms with E-state index in [0.717, 1.165) is 12.7 Å². The van der Waals surface area contributed by atoms with Crippen molar-refractivity contribution in [2.24, 2.45) is 0 Å². The van der Waals surface area contributed by atoms with Crippen molar-refractivity contribution in [3.63, 3.8) is 0 Å². The summed E-state index contributed by atoms with van der Waals surface area (Å²) in [6, 6.07) is 0.920. The Balaban J connectivity index is 3.09. The molecule has 0 aromatic rings. The molecule has 0 radical (unpaired) electrons. The number of hydrogen-bond acceptors (Lipinski definition) is 3. The van der Waals surface area contributed by atoms with Crippen molar-refractivity contribution >= 4 is 9.28 Å². The lowest BCUT2D eigenvalue weighted by Gasteiger charge is -2.08. The van der Waals surface area contributed by atoms with Crippen LogP contribution in [0.1, 0.15) is 0 Å². The van der Waals surface area contributed by atoms with E-state index >= 15 is 0 Å². The molecule has 0 aromatic carbocycles. The van der Waals surface area contributed by atoms with Crippen LogP contribution in [-0.4, -0.2) is 37.2 Å². The van der Waals surface area contributed by atoms with Crippen LogP contribution in [0.15, 0.2) is 0 Å². The maximum atomic E-state index is 5.04. The summed E-state index contributed by atoms with van der Waals surface area (Å²) in [4.78, 5) is 0. The van der Waals surface area contributed by atoms with Gasteiger partial charge in [-0.15, -0.1) is 0 Å². The third-order valence-electron chi connectivity index (χ3n) is 1.08. The Morgan fingerprint density at radius 3 is 2.00 bits per heavy atom. The van der Waals surface area contributed by atoms with Crippen molar-refractivity contribution in [2.75, 3.05) is 27.9 Å². The van der Waals surface area contributed by atoms with Crippen LogP contribution in [0.4, 0.5) is 0 Å². The van der Waals surface area contributed by atoms with Crippen LogP contribution in [0.25, 0.3) is 0 Å². The Morgan fingerprint density at radius 1 is 1.11 bits per heavy atom. The first-order chi connectivity index (χ1) is 4.35. The molecule has 0 atom stereocenters. The van der Waals surface area contributed by atoms with Crippen molar-refractivity contribution in [3.8, 4) is 0 Å². The Labute approximate surface area is 57.8 Å². The Morgan fingerprint density at radius 2 is 1.67 bits per heavy atom. The van der Waals surface area contributed by atoms with Gasteiger partial charge in [0.05, 0.1) is 0 Å². The molecule has 0 aliphatic carbocycles. The predicted molar refractivity (Wildman–Crippen MR) is 37.9 cm³/mol. The van der Waals surface area contributed by atoms with Gasteiger partial charge < -0.3 is 13.6 Å². The number of ether oxygens (including phenoxy) is 1. The maximum absolute atomic E-state index is 5.04. The number of rotatable bonds is 5. The van der Waals surface area contributed by atoms with E-state index in [1.165, 1.54) is 0 Å². The van der Waals surface area contributed by atoms with Gasteiger partial charge in [0.15, 0.2) is 0 Å². The average molecular weight is 150 g/mol. The molecule has 0 fully saturated rings. The first-order valence-corrected chi connectivity index (χ1v) is 4.65. The van der Waals surface area contributed by atoms with E-state index in [2.05, 4.69) is 0 Å². The molecule has 3 nitrogen and oxygen atoms in total. The molecule has 0 N–H and O–H groups in total. The number of methoxy groups -OCH3 is 1. The highest BCUT2D eigenvalue weighted by Gasteiger charge is 2.06. The Hall–Kier alpha value is 0.0969. The summed E-state index contributed by atoms with van der Waals surface area (Å²) in [5.41, 5.74) is 0. The molecular weight excluding hydrogens is 136 g/mol. The summed E-state index contributed by atoms with van der Waals surface area (Å²) < 4.78 is 14.9. The van der Waals surface area contributed by atoms with E-state index in [9.17, 15) is 0 Å². The van der Waals surface area contributed by atoms with E-state index in [1.54, 1.807) is 21.3 Å². The SMILES string of the molecule is COCC[SiH](OC)OC. The molecule has 0 saturated heterocycles. The van der Waals surface area contributed by atoms with Crippen LogP contribution < -0.4 is 0 Å². The van der Waals surface area contributed by atoms with Gasteiger partial charge in [-0.2, -0.15) is 0 Å². The minimum Gasteiger partial charge on any atom is -0.400 e. The quantitative estimate of drug-likeness (QED) is 0.522. The summed E-state index contributed by atoms with van der Waals surface area (Å²) in [6.07, 6.45) is 0. The molecule has 0 heterocycles. The summed E-state index contributed by atoms with van der Waals surface area (Å²) in [5, 5.41) is 0. The van der Waals surface area contributed by atoms with Gasteiger partial charge in [0, 0.05) is 34.0 Å². The van der Waals surface area contributed by atoms with Gasteiger partial charge >= 0.3 is 9.28 Å². The molecule has 0 aromatic heterocycles. The smallest absolute Gasteiger partial charge is 0.323 e. The second-order valence-corrected chi connectivity index (χ2v) is 4.06. The first-order valence-electron chi connectivity index (χ1n) is 2.89. The molecule has 0 amide bonds. The van der Waals surface area contributed by atoms with Crippen LogP contribution in [0.2, 0.25) is 6.04 Å². The third kappa shape index (κ3) is 4.59. The maximum Gasteiger partial charge on any atom is 0.323 e. The van der Waals surface area contributed by atoms with Crippen LogP contribution in [0, 0.1) is 0 Å². The van der Waals surface area contributed by atoms with Crippen molar-refractivity contribution in [1.29, 1.82) is 0 Å². The van der Waals surface area contributed by atoms with Crippen LogP contribution in [0.3, 0.4) is 0 Å². The highest BCUT2D eigenvalue weighted by atomic mass is 28.3. The Kier molecular flexibility index (Phi) is 6.29. The van der Waals surface area contributed by atoms with E-state index < -0.39 is 9.28 Å². The van der Waals surface area contributed by atoms with Gasteiger partial charge in [-0.25, -0.2) is 0 Å². The minimum atomic E-state index is -1.33. The zero-order valence-electron chi connectivity index (χ0n) is 6.22. The molecule has 9 heavy (non-hydrogen) atoms. The predicted octanol–water partition coefficient (Wildman–Crippen LogP) is 0.146. The Bertz CT molecular complexity index is 56.2. The van der Waals surface area contributed by atoms with E-state index in [4.69, 9.17) is 13.6 Å². The van der Waals surface area contributed by atoms with Crippen LogP contribution in [-0.2, 0) is 13.6 Å². The van der Waals surface area contributed by atoms with Crippen molar-refractivity contribution in [3.05, 3.63) is 0 Å². The highest BCUT2D eigenvalue weighted by molar-refractivity contribution is 6.44. The molecule has 0 aliphatic rings. The molecule has 0 unspecified atom stereocenters. The fourth-order valence-corrected chi connectivity index (χ4v) is 1.64. The lowest BCUT2D eigenvalue weighted by molar-refractivity contribution is 0.198. The molecule has 0 saturated carbocycles. The van der Waals surface area contributed by atoms with Crippen molar-refractivity contribution < 1.29 is 13.6 Å². The van der Waals surface area contributed by atoms with Gasteiger partial charge in [-0.05, 0) is 0 Å². The first kappa shape index (κ1) is 9.10. The molecule has 0 bridgehead atoms. The summed E-state index contributed by atoms with van der Waals surface area (Å²) in [7, 11) is 3.70. The molecule has 0 spiro atoms. The molecule has 56 valence electrons. The third-order valence-corrected chi connectivity index (χ3v) is 2.84. The van der Waals surface area contributed by atoms with Crippen molar-refractivity contribution in [2.45, 2.75) is 6.04 Å². The van der Waals surface area contributed by atoms with Gasteiger partial charge in [0.1, 0.15) is 0 Å². The van der Waals surface area contributed by atoms with Gasteiger partial charge in [-0.3, -0.25) is 0 Å². The topological polar surface area (TPSA) is 27.7 Å². The lowest BCUT2D eigenvalue weighted by atomic mass is 10.9. The van der Waals surface area contributed by atoms with Gasteiger partial charge in [0.2, 0.25) is 0 Å². The number of hydrogen-bond donors (Lipinski definition) is 0. The second kappa shape index (κ2) is 6.22. The molecule has 4 heteroatoms. The zero-order valence-corrected chi connectivity index (χ0v) is 7.37. The second-order valence-electron chi connectivity index (χ2n) is 1.68. The minimum absolute atomic E-state index is 0.735. The summed E-state index contributed by atoms with van der Waals surface area (Å²) in [6.45, 7) is 0.735. The fourth-order valence-electron chi connectivity index (χ4n) is 0.546. The lowest BCUT2D eigenvalue weighted by Crippen LogP contribution is -2.20. The van der Waals surface area contributed by atoms with Crippen LogP contribution in [0.5, 0.6) is 0 Å². The van der Waals surface area contributed by atoms with Crippen LogP contribution >= 0.6 is 0 Å². The van der Waals surface area contributed by atoms with E-state index in [0.29, 0.717) is 0 Å². The monoisotopic (exact) mass is 150 g/mol. The standard InChI is InChI=1S/C5H14O3Si/c1-6-4-5-9(7-2)8-3/h9H,4-5H2,1-3H3. The normalized spacial score (nSPS) is 10.7. The van der Waals surface area contributed by atoms with E-state index in [-0.39, 0.29) is 0 Å². The van der Waals surface area contributed by atoms with E-state index in [1.807, 2.05) is 0 Å². The van der Waals surface area contributed by atoms with Gasteiger partial charge in [0.25, 0.3) is 0 Å². The van der Waals surface area contributed by atoms with Crippen molar-refractivity contribution in [1.82, 2.24) is 0 Å². The summed E-state index contributed by atoms with van der Waals surface area (Å²) >= 11 is 0. The summed E-state index contributed by atoms with van der Waals surface area (Å²) in [5.74, 6) is 0.